The van der Waals surface area contributed by atoms with E-state index in [4.69, 9.17) is 16.3 Å². The van der Waals surface area contributed by atoms with Crippen molar-refractivity contribution in [1.82, 2.24) is 10.2 Å². The van der Waals surface area contributed by atoms with Crippen molar-refractivity contribution in [2.24, 2.45) is 0 Å². The maximum Gasteiger partial charge on any atom is 0.261 e. The molecule has 32 heavy (non-hydrogen) atoms. The van der Waals surface area contributed by atoms with Gasteiger partial charge in [-0.1, -0.05) is 69.6 Å². The van der Waals surface area contributed by atoms with Crippen molar-refractivity contribution in [3.05, 3.63) is 64.7 Å². The van der Waals surface area contributed by atoms with Crippen LogP contribution in [0.25, 0.3) is 0 Å². The van der Waals surface area contributed by atoms with Crippen molar-refractivity contribution in [3.63, 3.8) is 0 Å². The first-order valence-corrected chi connectivity index (χ1v) is 11.5. The van der Waals surface area contributed by atoms with E-state index >= 15 is 0 Å². The highest BCUT2D eigenvalue weighted by atomic mass is 35.5. The fraction of sp³-hybridized carbons (Fsp3) is 0.462. The lowest BCUT2D eigenvalue weighted by Gasteiger charge is -2.30. The highest BCUT2D eigenvalue weighted by Gasteiger charge is 2.28. The molecule has 0 aromatic heterocycles. The molecule has 0 aliphatic heterocycles. The van der Waals surface area contributed by atoms with Gasteiger partial charge in [0.25, 0.3) is 5.91 Å². The van der Waals surface area contributed by atoms with Crippen LogP contribution < -0.4 is 10.1 Å². The molecule has 0 bridgehead atoms. The molecule has 0 saturated heterocycles. The lowest BCUT2D eigenvalue weighted by molar-refractivity contribution is -0.142. The number of para-hydroxylation sites is 1. The van der Waals surface area contributed by atoms with Crippen LogP contribution in [0.4, 0.5) is 0 Å². The number of nitrogens with zero attached hydrogens (tertiary/aromatic N) is 1. The molecule has 2 aromatic rings. The first-order valence-electron chi connectivity index (χ1n) is 11.1. The van der Waals surface area contributed by atoms with Gasteiger partial charge in [0.1, 0.15) is 11.8 Å². The lowest BCUT2D eigenvalue weighted by Crippen LogP contribution is -2.50. The largest absolute Gasteiger partial charge is 0.483 e. The second kappa shape index (κ2) is 11.4. The van der Waals surface area contributed by atoms with Gasteiger partial charge in [0, 0.05) is 17.6 Å². The normalized spacial score (nSPS) is 13.2. The zero-order valence-electron chi connectivity index (χ0n) is 19.9. The van der Waals surface area contributed by atoms with Gasteiger partial charge >= 0.3 is 0 Å². The van der Waals surface area contributed by atoms with Crippen LogP contribution in [0.2, 0.25) is 5.02 Å². The first-order chi connectivity index (χ1) is 15.0. The smallest absolute Gasteiger partial charge is 0.261 e. The number of ether oxygens (including phenoxy) is 1. The van der Waals surface area contributed by atoms with E-state index in [1.165, 1.54) is 0 Å². The maximum atomic E-state index is 13.3. The Balaban J connectivity index is 2.23. The summed E-state index contributed by atoms with van der Waals surface area (Å²) in [6.07, 6.45) is 0.813. The zero-order chi connectivity index (χ0) is 23.9. The fourth-order valence-corrected chi connectivity index (χ4v) is 3.53. The van der Waals surface area contributed by atoms with Crippen molar-refractivity contribution in [3.8, 4) is 5.75 Å². The molecule has 2 amide bonds. The highest BCUT2D eigenvalue weighted by Crippen LogP contribution is 2.31. The lowest BCUT2D eigenvalue weighted by atomic mass is 9.86. The van der Waals surface area contributed by atoms with Crippen LogP contribution in [0.5, 0.6) is 5.75 Å². The topological polar surface area (TPSA) is 58.6 Å². The summed E-state index contributed by atoms with van der Waals surface area (Å²) < 4.78 is 5.95. The van der Waals surface area contributed by atoms with Crippen molar-refractivity contribution in [2.75, 3.05) is 6.61 Å². The standard InChI is InChI=1S/C26H35ClN2O3/c1-7-18(2)28-25(31)19(3)29(16-20-11-10-12-21(27)15-20)24(30)17-32-23-14-9-8-13-22(23)26(4,5)6/h8-15,18-19H,7,16-17H2,1-6H3,(H,28,31). The summed E-state index contributed by atoms with van der Waals surface area (Å²) in [6.45, 7) is 12.1. The third kappa shape index (κ3) is 7.27. The molecule has 2 aromatic carbocycles. The van der Waals surface area contributed by atoms with Gasteiger partial charge in [-0.15, -0.1) is 0 Å². The predicted octanol–water partition coefficient (Wildman–Crippen LogP) is 5.35. The maximum absolute atomic E-state index is 13.3. The van der Waals surface area contributed by atoms with E-state index in [1.54, 1.807) is 24.0 Å². The molecule has 0 heterocycles. The summed E-state index contributed by atoms with van der Waals surface area (Å²) in [5.74, 6) is 0.220. The van der Waals surface area contributed by atoms with Gasteiger partial charge in [0.2, 0.25) is 5.91 Å². The van der Waals surface area contributed by atoms with Gasteiger partial charge in [-0.05, 0) is 55.0 Å². The van der Waals surface area contributed by atoms with E-state index in [0.717, 1.165) is 17.5 Å². The fourth-order valence-electron chi connectivity index (χ4n) is 3.31. The molecule has 0 spiro atoms. The van der Waals surface area contributed by atoms with E-state index in [0.29, 0.717) is 10.8 Å². The molecule has 6 heteroatoms. The Morgan fingerprint density at radius 2 is 1.78 bits per heavy atom. The van der Waals surface area contributed by atoms with Crippen LogP contribution in [0.15, 0.2) is 48.5 Å². The minimum atomic E-state index is -0.656. The molecule has 2 unspecified atom stereocenters. The second-order valence-electron chi connectivity index (χ2n) is 9.18. The van der Waals surface area contributed by atoms with Crippen molar-refractivity contribution in [1.29, 1.82) is 0 Å². The number of halogens is 1. The van der Waals surface area contributed by atoms with Crippen molar-refractivity contribution in [2.45, 2.75) is 72.0 Å². The number of benzene rings is 2. The SMILES string of the molecule is CCC(C)NC(=O)C(C)N(Cc1cccc(Cl)c1)C(=O)COc1ccccc1C(C)(C)C. The third-order valence-corrected chi connectivity index (χ3v) is 5.69. The van der Waals surface area contributed by atoms with Crippen LogP contribution in [0.1, 0.15) is 59.1 Å². The molecular formula is C26H35ClN2O3. The van der Waals surface area contributed by atoms with E-state index in [-0.39, 0.29) is 36.4 Å². The minimum absolute atomic E-state index is 0.0305. The summed E-state index contributed by atoms with van der Waals surface area (Å²) in [5, 5.41) is 3.55. The van der Waals surface area contributed by atoms with E-state index < -0.39 is 6.04 Å². The number of hydrogen-bond acceptors (Lipinski definition) is 3. The molecule has 5 nitrogen and oxygen atoms in total. The van der Waals surface area contributed by atoms with Gasteiger partial charge in [-0.25, -0.2) is 0 Å². The van der Waals surface area contributed by atoms with E-state index in [1.807, 2.05) is 50.2 Å². The molecule has 0 aliphatic carbocycles. The average Bonchev–Trinajstić information content (AvgIpc) is 2.74. The Hall–Kier alpha value is -2.53. The third-order valence-electron chi connectivity index (χ3n) is 5.46. The number of amides is 2. The number of rotatable bonds is 9. The monoisotopic (exact) mass is 458 g/mol. The minimum Gasteiger partial charge on any atom is -0.483 e. The van der Waals surface area contributed by atoms with Gasteiger partial charge in [-0.3, -0.25) is 9.59 Å². The highest BCUT2D eigenvalue weighted by molar-refractivity contribution is 6.30. The van der Waals surface area contributed by atoms with Gasteiger partial charge in [0.05, 0.1) is 0 Å². The van der Waals surface area contributed by atoms with Crippen LogP contribution in [-0.2, 0) is 21.5 Å². The molecule has 2 rings (SSSR count). The summed E-state index contributed by atoms with van der Waals surface area (Å²) in [7, 11) is 0. The van der Waals surface area contributed by atoms with Crippen LogP contribution in [-0.4, -0.2) is 35.4 Å². The number of nitrogens with one attached hydrogen (secondary N) is 1. The van der Waals surface area contributed by atoms with Crippen LogP contribution in [0, 0.1) is 0 Å². The molecule has 1 N–H and O–H groups in total. The molecule has 0 saturated carbocycles. The Morgan fingerprint density at radius 1 is 1.09 bits per heavy atom. The molecular weight excluding hydrogens is 424 g/mol. The van der Waals surface area contributed by atoms with Gasteiger partial charge in [0.15, 0.2) is 6.61 Å². The Kier molecular flexibility index (Phi) is 9.14. The zero-order valence-corrected chi connectivity index (χ0v) is 20.7. The molecule has 174 valence electrons. The summed E-state index contributed by atoms with van der Waals surface area (Å²) in [4.78, 5) is 27.6. The van der Waals surface area contributed by atoms with Gasteiger partial charge in [-0.2, -0.15) is 0 Å². The number of carbonyl (C=O) groups is 2. The summed E-state index contributed by atoms with van der Waals surface area (Å²) in [5.41, 5.74) is 1.75. The molecule has 0 aliphatic rings. The average molecular weight is 459 g/mol. The van der Waals surface area contributed by atoms with E-state index in [2.05, 4.69) is 26.1 Å². The molecule has 0 radical (unpaired) electrons. The van der Waals surface area contributed by atoms with Gasteiger partial charge < -0.3 is 15.0 Å². The van der Waals surface area contributed by atoms with Crippen molar-refractivity contribution >= 4 is 23.4 Å². The second-order valence-corrected chi connectivity index (χ2v) is 9.62. The van der Waals surface area contributed by atoms with Crippen LogP contribution >= 0.6 is 11.6 Å². The summed E-state index contributed by atoms with van der Waals surface area (Å²) >= 11 is 6.13. The number of carbonyl (C=O) groups excluding carboxylic acids is 2. The van der Waals surface area contributed by atoms with Crippen molar-refractivity contribution < 1.29 is 14.3 Å². The molecule has 2 atom stereocenters. The quantitative estimate of drug-likeness (QED) is 0.551. The Bertz CT molecular complexity index is 923. The molecule has 0 fully saturated rings. The van der Waals surface area contributed by atoms with Crippen LogP contribution in [0.3, 0.4) is 0 Å². The van der Waals surface area contributed by atoms with E-state index in [9.17, 15) is 9.59 Å². The first kappa shape index (κ1) is 25.7. The predicted molar refractivity (Wildman–Crippen MR) is 130 cm³/mol. The Labute approximate surface area is 197 Å². The summed E-state index contributed by atoms with van der Waals surface area (Å²) in [6, 6.07) is 14.4. The number of hydrogen-bond donors (Lipinski definition) is 1. The Morgan fingerprint density at radius 3 is 2.41 bits per heavy atom.